The molecule has 2 fully saturated rings. The number of anilines is 3. The van der Waals surface area contributed by atoms with Gasteiger partial charge in [0.25, 0.3) is 5.91 Å². The van der Waals surface area contributed by atoms with E-state index in [0.717, 1.165) is 38.6 Å². The van der Waals surface area contributed by atoms with Crippen LogP contribution in [0, 0.1) is 6.92 Å². The number of sulfonamides is 1. The number of carbonyl (C=O) groups excluding carboxylic acids is 1. The number of piperidine rings is 2. The fraction of sp³-hybridized carbons (Fsp3) is 0.500. The molecule has 0 aliphatic carbocycles. The lowest BCUT2D eigenvalue weighted by molar-refractivity contribution is 0.100. The van der Waals surface area contributed by atoms with Crippen molar-refractivity contribution in [3.05, 3.63) is 35.5 Å². The lowest BCUT2D eigenvalue weighted by Crippen LogP contribution is -2.43. The van der Waals surface area contributed by atoms with Crippen molar-refractivity contribution in [2.75, 3.05) is 36.4 Å². The number of rotatable bonds is 6. The highest BCUT2D eigenvalue weighted by molar-refractivity contribution is 7.89. The minimum atomic E-state index is -3.62. The summed E-state index contributed by atoms with van der Waals surface area (Å²) in [4.78, 5) is 23.1. The Balaban J connectivity index is 1.66. The molecule has 178 valence electrons. The molecule has 0 bridgehead atoms. The first kappa shape index (κ1) is 23.4. The minimum absolute atomic E-state index is 0.0363. The van der Waals surface area contributed by atoms with Crippen LogP contribution in [-0.2, 0) is 10.0 Å². The summed E-state index contributed by atoms with van der Waals surface area (Å²) >= 11 is 0. The summed E-state index contributed by atoms with van der Waals surface area (Å²) in [7, 11) is -3.62. The molecule has 3 heterocycles. The highest BCUT2D eigenvalue weighted by Gasteiger charge is 2.28. The molecule has 33 heavy (non-hydrogen) atoms. The largest absolute Gasteiger partial charge is 0.365 e. The number of nitrogens with two attached hydrogens (primary N) is 2. The van der Waals surface area contributed by atoms with Gasteiger partial charge in [-0.05, 0) is 50.3 Å². The molecule has 5 N–H and O–H groups in total. The van der Waals surface area contributed by atoms with E-state index in [1.165, 1.54) is 6.20 Å². The van der Waals surface area contributed by atoms with Crippen LogP contribution in [0.2, 0.25) is 0 Å². The molecule has 2 aliphatic rings. The number of amides is 1. The van der Waals surface area contributed by atoms with Gasteiger partial charge in [-0.2, -0.15) is 9.29 Å². The number of benzene rings is 1. The molecule has 11 heteroatoms. The number of aromatic nitrogens is 2. The van der Waals surface area contributed by atoms with Gasteiger partial charge in [0.15, 0.2) is 0 Å². The summed E-state index contributed by atoms with van der Waals surface area (Å²) in [6.45, 7) is 4.22. The molecule has 1 aromatic carbocycles. The Morgan fingerprint density at radius 3 is 2.61 bits per heavy atom. The van der Waals surface area contributed by atoms with Gasteiger partial charge in [0.05, 0.1) is 4.90 Å². The fourth-order valence-electron chi connectivity index (χ4n) is 4.33. The Morgan fingerprint density at radius 2 is 1.91 bits per heavy atom. The molecule has 4 rings (SSSR count). The predicted molar refractivity (Wildman–Crippen MR) is 127 cm³/mol. The normalized spacial score (nSPS) is 19.9. The zero-order chi connectivity index (χ0) is 23.6. The van der Waals surface area contributed by atoms with Crippen molar-refractivity contribution in [3.8, 4) is 0 Å². The lowest BCUT2D eigenvalue weighted by Gasteiger charge is -2.31. The van der Waals surface area contributed by atoms with Crippen molar-refractivity contribution < 1.29 is 13.2 Å². The Hall–Kier alpha value is -2.76. The van der Waals surface area contributed by atoms with Gasteiger partial charge < -0.3 is 21.7 Å². The van der Waals surface area contributed by atoms with Gasteiger partial charge in [0.2, 0.25) is 16.0 Å². The first-order valence-electron chi connectivity index (χ1n) is 11.3. The van der Waals surface area contributed by atoms with Crippen LogP contribution in [0.4, 0.5) is 17.5 Å². The summed E-state index contributed by atoms with van der Waals surface area (Å²) < 4.78 is 28.1. The van der Waals surface area contributed by atoms with Gasteiger partial charge >= 0.3 is 0 Å². The number of nitrogens with zero attached hydrogens (tertiary/aromatic N) is 4. The number of hydrogen-bond acceptors (Lipinski definition) is 8. The number of hydrogen-bond donors (Lipinski definition) is 3. The van der Waals surface area contributed by atoms with E-state index in [1.807, 2.05) is 4.90 Å². The summed E-state index contributed by atoms with van der Waals surface area (Å²) in [5, 5.41) is 3.09. The molecular formula is C22H31N7O3S. The molecule has 1 amide bonds. The maximum atomic E-state index is 13.3. The SMILES string of the molecule is Cc1ccc(Nc2nc(N3CCC[C@H](N)C3)ncc2C(N)=O)cc1S(=O)(=O)N1CCCCC1. The summed E-state index contributed by atoms with van der Waals surface area (Å²) in [5.41, 5.74) is 12.9. The first-order valence-corrected chi connectivity index (χ1v) is 12.7. The van der Waals surface area contributed by atoms with Crippen molar-refractivity contribution >= 4 is 33.4 Å². The summed E-state index contributed by atoms with van der Waals surface area (Å²) in [5.74, 6) is 0.00964. The van der Waals surface area contributed by atoms with Crippen molar-refractivity contribution in [2.24, 2.45) is 11.5 Å². The predicted octanol–water partition coefficient (Wildman–Crippen LogP) is 1.73. The number of carbonyl (C=O) groups is 1. The molecule has 0 radical (unpaired) electrons. The van der Waals surface area contributed by atoms with Gasteiger partial charge in [-0.3, -0.25) is 4.79 Å². The fourth-order valence-corrected chi connectivity index (χ4v) is 6.10. The van der Waals surface area contributed by atoms with Gasteiger partial charge in [0.1, 0.15) is 11.4 Å². The van der Waals surface area contributed by atoms with E-state index in [0.29, 0.717) is 36.8 Å². The van der Waals surface area contributed by atoms with Gasteiger partial charge in [0, 0.05) is 44.1 Å². The third-order valence-electron chi connectivity index (χ3n) is 6.17. The Labute approximate surface area is 194 Å². The van der Waals surface area contributed by atoms with E-state index in [9.17, 15) is 13.2 Å². The Morgan fingerprint density at radius 1 is 1.15 bits per heavy atom. The summed E-state index contributed by atoms with van der Waals surface area (Å²) in [6.07, 6.45) is 6.04. The van der Waals surface area contributed by atoms with E-state index >= 15 is 0 Å². The van der Waals surface area contributed by atoms with Crippen LogP contribution in [0.25, 0.3) is 0 Å². The molecular weight excluding hydrogens is 442 g/mol. The van der Waals surface area contributed by atoms with Gasteiger partial charge in [-0.25, -0.2) is 13.4 Å². The zero-order valence-electron chi connectivity index (χ0n) is 18.8. The van der Waals surface area contributed by atoms with Crippen molar-refractivity contribution in [3.63, 3.8) is 0 Å². The monoisotopic (exact) mass is 473 g/mol. The van der Waals surface area contributed by atoms with Crippen molar-refractivity contribution in [2.45, 2.75) is 50.0 Å². The Bertz CT molecular complexity index is 1130. The van der Waals surface area contributed by atoms with Crippen LogP contribution >= 0.6 is 0 Å². The van der Waals surface area contributed by atoms with E-state index in [1.54, 1.807) is 29.4 Å². The minimum Gasteiger partial charge on any atom is -0.365 e. The van der Waals surface area contributed by atoms with Gasteiger partial charge in [-0.1, -0.05) is 12.5 Å². The molecule has 0 unspecified atom stereocenters. The standard InChI is InChI=1S/C22H31N7O3S/c1-15-7-8-17(12-19(15)33(31,32)29-10-3-2-4-11-29)26-21-18(20(24)30)13-25-22(27-21)28-9-5-6-16(23)14-28/h7-8,12-13,16H,2-6,9-11,14,23H2,1H3,(H2,24,30)(H,25,26,27)/t16-/m0/s1. The topological polar surface area (TPSA) is 148 Å². The molecule has 1 aromatic heterocycles. The lowest BCUT2D eigenvalue weighted by atomic mass is 10.1. The average molecular weight is 474 g/mol. The molecule has 0 spiro atoms. The van der Waals surface area contributed by atoms with Crippen LogP contribution in [-0.4, -0.2) is 60.8 Å². The third-order valence-corrected chi connectivity index (χ3v) is 8.21. The first-order chi connectivity index (χ1) is 15.8. The van der Waals surface area contributed by atoms with Crippen LogP contribution in [0.3, 0.4) is 0 Å². The average Bonchev–Trinajstić information content (AvgIpc) is 2.80. The molecule has 2 aliphatic heterocycles. The highest BCUT2D eigenvalue weighted by atomic mass is 32.2. The molecule has 10 nitrogen and oxygen atoms in total. The number of nitrogens with one attached hydrogen (secondary N) is 1. The van der Waals surface area contributed by atoms with Crippen LogP contribution in [0.15, 0.2) is 29.3 Å². The van der Waals surface area contributed by atoms with E-state index in [-0.39, 0.29) is 22.3 Å². The number of aryl methyl sites for hydroxylation is 1. The maximum absolute atomic E-state index is 13.3. The second-order valence-electron chi connectivity index (χ2n) is 8.71. The van der Waals surface area contributed by atoms with Crippen LogP contribution in [0.5, 0.6) is 0 Å². The molecule has 0 saturated carbocycles. The van der Waals surface area contributed by atoms with E-state index < -0.39 is 15.9 Å². The molecule has 2 aromatic rings. The second-order valence-corrected chi connectivity index (χ2v) is 10.6. The van der Waals surface area contributed by atoms with Crippen LogP contribution in [0.1, 0.15) is 48.0 Å². The van der Waals surface area contributed by atoms with E-state index in [2.05, 4.69) is 15.3 Å². The Kier molecular flexibility index (Phi) is 6.82. The smallest absolute Gasteiger partial charge is 0.254 e. The quantitative estimate of drug-likeness (QED) is 0.574. The van der Waals surface area contributed by atoms with Crippen LogP contribution < -0.4 is 21.7 Å². The van der Waals surface area contributed by atoms with Crippen molar-refractivity contribution in [1.82, 2.24) is 14.3 Å². The molecule has 1 atom stereocenters. The molecule has 2 saturated heterocycles. The van der Waals surface area contributed by atoms with E-state index in [4.69, 9.17) is 11.5 Å². The third kappa shape index (κ3) is 5.10. The van der Waals surface area contributed by atoms with Gasteiger partial charge in [-0.15, -0.1) is 0 Å². The second kappa shape index (κ2) is 9.62. The summed E-state index contributed by atoms with van der Waals surface area (Å²) in [6, 6.07) is 5.13. The maximum Gasteiger partial charge on any atom is 0.254 e. The van der Waals surface area contributed by atoms with Crippen molar-refractivity contribution in [1.29, 1.82) is 0 Å². The number of primary amides is 1. The zero-order valence-corrected chi connectivity index (χ0v) is 19.6. The highest BCUT2D eigenvalue weighted by Crippen LogP contribution is 2.28.